The minimum absolute atomic E-state index is 0.155. The molecule has 0 aliphatic carbocycles. The highest BCUT2D eigenvalue weighted by Crippen LogP contribution is 2.19. The van der Waals surface area contributed by atoms with E-state index in [0.29, 0.717) is 6.07 Å². The molecule has 2 aromatic carbocycles. The molecule has 0 saturated carbocycles. The molecule has 0 amide bonds. The number of halogens is 2. The smallest absolute Gasteiger partial charge is 0.207 e. The topological polar surface area (TPSA) is 37.4 Å². The van der Waals surface area contributed by atoms with Crippen molar-refractivity contribution in [1.29, 1.82) is 0 Å². The standard InChI is InChI=1S/C14H13F2NO2S/c1-17(10-11-5-3-2-4-6-11)20(18,19)12-7-8-13(15)14(16)9-12/h2-9H,10H2,1H3. The Morgan fingerprint density at radius 1 is 1.00 bits per heavy atom. The summed E-state index contributed by atoms with van der Waals surface area (Å²) in [7, 11) is -2.46. The van der Waals surface area contributed by atoms with Gasteiger partial charge < -0.3 is 0 Å². The van der Waals surface area contributed by atoms with Gasteiger partial charge in [-0.2, -0.15) is 4.31 Å². The number of hydrogen-bond acceptors (Lipinski definition) is 2. The second kappa shape index (κ2) is 5.68. The fourth-order valence-electron chi connectivity index (χ4n) is 1.74. The van der Waals surface area contributed by atoms with Gasteiger partial charge in [0.15, 0.2) is 11.6 Å². The fraction of sp³-hybridized carbons (Fsp3) is 0.143. The highest BCUT2D eigenvalue weighted by molar-refractivity contribution is 7.89. The van der Waals surface area contributed by atoms with E-state index >= 15 is 0 Å². The molecule has 0 unspecified atom stereocenters. The SMILES string of the molecule is CN(Cc1ccccc1)S(=O)(=O)c1ccc(F)c(F)c1. The summed E-state index contributed by atoms with van der Waals surface area (Å²) in [6.45, 7) is 0.155. The Kier molecular flexibility index (Phi) is 4.15. The van der Waals surface area contributed by atoms with Gasteiger partial charge in [-0.15, -0.1) is 0 Å². The molecule has 20 heavy (non-hydrogen) atoms. The molecule has 0 N–H and O–H groups in total. The molecule has 0 aromatic heterocycles. The zero-order valence-electron chi connectivity index (χ0n) is 10.8. The van der Waals surface area contributed by atoms with Crippen LogP contribution in [0.25, 0.3) is 0 Å². The first-order chi connectivity index (χ1) is 9.41. The molecule has 0 heterocycles. The van der Waals surface area contributed by atoms with E-state index in [1.807, 2.05) is 6.07 Å². The second-order valence-electron chi connectivity index (χ2n) is 4.32. The average Bonchev–Trinajstić information content (AvgIpc) is 2.42. The number of hydrogen-bond donors (Lipinski definition) is 0. The highest BCUT2D eigenvalue weighted by atomic mass is 32.2. The van der Waals surface area contributed by atoms with Gasteiger partial charge in [-0.25, -0.2) is 17.2 Å². The quantitative estimate of drug-likeness (QED) is 0.870. The lowest BCUT2D eigenvalue weighted by Gasteiger charge is -2.17. The first kappa shape index (κ1) is 14.6. The Hall–Kier alpha value is -1.79. The van der Waals surface area contributed by atoms with Gasteiger partial charge >= 0.3 is 0 Å². The normalized spacial score (nSPS) is 11.8. The Bertz CT molecular complexity index is 702. The maximum absolute atomic E-state index is 13.1. The van der Waals surface area contributed by atoms with Gasteiger partial charge in [-0.05, 0) is 23.8 Å². The molecule has 0 aliphatic rings. The lowest BCUT2D eigenvalue weighted by atomic mass is 10.2. The summed E-state index contributed by atoms with van der Waals surface area (Å²) in [5, 5.41) is 0. The van der Waals surface area contributed by atoms with Gasteiger partial charge in [-0.3, -0.25) is 0 Å². The van der Waals surface area contributed by atoms with Gasteiger partial charge in [0.2, 0.25) is 10.0 Å². The van der Waals surface area contributed by atoms with Crippen molar-refractivity contribution in [3.63, 3.8) is 0 Å². The van der Waals surface area contributed by atoms with Crippen molar-refractivity contribution < 1.29 is 17.2 Å². The van der Waals surface area contributed by atoms with E-state index in [1.165, 1.54) is 7.05 Å². The number of sulfonamides is 1. The Morgan fingerprint density at radius 2 is 1.65 bits per heavy atom. The predicted octanol–water partition coefficient (Wildman–Crippen LogP) is 2.79. The summed E-state index contributed by atoms with van der Waals surface area (Å²) in [5.74, 6) is -2.26. The Labute approximate surface area is 116 Å². The molecule has 0 fully saturated rings. The van der Waals surface area contributed by atoms with Crippen molar-refractivity contribution in [1.82, 2.24) is 4.31 Å². The number of rotatable bonds is 4. The molecule has 0 bridgehead atoms. The van der Waals surface area contributed by atoms with Crippen LogP contribution in [-0.4, -0.2) is 19.8 Å². The van der Waals surface area contributed by atoms with Crippen molar-refractivity contribution in [3.8, 4) is 0 Å². The second-order valence-corrected chi connectivity index (χ2v) is 6.37. The van der Waals surface area contributed by atoms with Crippen LogP contribution in [0.5, 0.6) is 0 Å². The summed E-state index contributed by atoms with van der Waals surface area (Å²) in [6, 6.07) is 11.5. The third-order valence-corrected chi connectivity index (χ3v) is 4.65. The summed E-state index contributed by atoms with van der Waals surface area (Å²) < 4.78 is 51.6. The molecule has 0 aliphatic heterocycles. The predicted molar refractivity (Wildman–Crippen MR) is 71.5 cm³/mol. The van der Waals surface area contributed by atoms with Crippen LogP contribution in [-0.2, 0) is 16.6 Å². The third kappa shape index (κ3) is 3.02. The molecule has 6 heteroatoms. The summed E-state index contributed by atoms with van der Waals surface area (Å²) in [6.07, 6.45) is 0. The fourth-order valence-corrected chi connectivity index (χ4v) is 2.91. The van der Waals surface area contributed by atoms with Crippen molar-refractivity contribution in [3.05, 3.63) is 65.7 Å². The van der Waals surface area contributed by atoms with Crippen molar-refractivity contribution >= 4 is 10.0 Å². The third-order valence-electron chi connectivity index (χ3n) is 2.85. The minimum Gasteiger partial charge on any atom is -0.207 e. The Morgan fingerprint density at radius 3 is 2.25 bits per heavy atom. The van der Waals surface area contributed by atoms with Gasteiger partial charge in [0, 0.05) is 13.6 Å². The van der Waals surface area contributed by atoms with Crippen LogP contribution in [0.15, 0.2) is 53.4 Å². The monoisotopic (exact) mass is 297 g/mol. The van der Waals surface area contributed by atoms with Crippen LogP contribution in [0.3, 0.4) is 0 Å². The van der Waals surface area contributed by atoms with Gasteiger partial charge in [0.25, 0.3) is 0 Å². The van der Waals surface area contributed by atoms with E-state index in [0.717, 1.165) is 22.0 Å². The molecular weight excluding hydrogens is 284 g/mol. The molecule has 0 radical (unpaired) electrons. The van der Waals surface area contributed by atoms with E-state index in [9.17, 15) is 17.2 Å². The lowest BCUT2D eigenvalue weighted by Crippen LogP contribution is -2.26. The lowest BCUT2D eigenvalue weighted by molar-refractivity contribution is 0.463. The summed E-state index contributed by atoms with van der Waals surface area (Å²) >= 11 is 0. The highest BCUT2D eigenvalue weighted by Gasteiger charge is 2.22. The van der Waals surface area contributed by atoms with E-state index in [4.69, 9.17) is 0 Å². The van der Waals surface area contributed by atoms with Gasteiger partial charge in [0.05, 0.1) is 4.90 Å². The molecule has 0 atom stereocenters. The van der Waals surface area contributed by atoms with Gasteiger partial charge in [-0.1, -0.05) is 30.3 Å². The van der Waals surface area contributed by atoms with Crippen molar-refractivity contribution in [2.45, 2.75) is 11.4 Å². The van der Waals surface area contributed by atoms with Crippen LogP contribution in [0.4, 0.5) is 8.78 Å². The first-order valence-electron chi connectivity index (χ1n) is 5.86. The zero-order chi connectivity index (χ0) is 14.8. The van der Waals surface area contributed by atoms with E-state index in [2.05, 4.69) is 0 Å². The first-order valence-corrected chi connectivity index (χ1v) is 7.30. The van der Waals surface area contributed by atoms with E-state index in [1.54, 1.807) is 24.3 Å². The van der Waals surface area contributed by atoms with E-state index < -0.39 is 21.7 Å². The zero-order valence-corrected chi connectivity index (χ0v) is 11.6. The maximum atomic E-state index is 13.1. The van der Waals surface area contributed by atoms with Crippen LogP contribution in [0.2, 0.25) is 0 Å². The van der Waals surface area contributed by atoms with Crippen molar-refractivity contribution in [2.75, 3.05) is 7.05 Å². The average molecular weight is 297 g/mol. The maximum Gasteiger partial charge on any atom is 0.243 e. The molecule has 2 aromatic rings. The molecule has 0 saturated heterocycles. The van der Waals surface area contributed by atoms with E-state index in [-0.39, 0.29) is 11.4 Å². The van der Waals surface area contributed by atoms with Crippen LogP contribution >= 0.6 is 0 Å². The molecular formula is C14H13F2NO2S. The number of nitrogens with zero attached hydrogens (tertiary/aromatic N) is 1. The summed E-state index contributed by atoms with van der Waals surface area (Å²) in [4.78, 5) is -0.269. The van der Waals surface area contributed by atoms with Crippen molar-refractivity contribution in [2.24, 2.45) is 0 Å². The molecule has 0 spiro atoms. The largest absolute Gasteiger partial charge is 0.243 e. The molecule has 3 nitrogen and oxygen atoms in total. The molecule has 2 rings (SSSR count). The summed E-state index contributed by atoms with van der Waals surface area (Å²) in [5.41, 5.74) is 0.807. The van der Waals surface area contributed by atoms with Crippen LogP contribution in [0.1, 0.15) is 5.56 Å². The Balaban J connectivity index is 2.27. The number of benzene rings is 2. The van der Waals surface area contributed by atoms with Gasteiger partial charge in [0.1, 0.15) is 0 Å². The van der Waals surface area contributed by atoms with Crippen LogP contribution in [0, 0.1) is 11.6 Å². The van der Waals surface area contributed by atoms with Crippen LogP contribution < -0.4 is 0 Å². The minimum atomic E-state index is -3.85. The molecule has 106 valence electrons.